The topological polar surface area (TPSA) is 29.1 Å². The summed E-state index contributed by atoms with van der Waals surface area (Å²) in [4.78, 5) is 9.90. The lowest BCUT2D eigenvalue weighted by atomic mass is 10.2. The first-order valence-electron chi connectivity index (χ1n) is 3.59. The van der Waals surface area contributed by atoms with Gasteiger partial charge in [-0.05, 0) is 19.8 Å². The van der Waals surface area contributed by atoms with Crippen molar-refractivity contribution in [2.24, 2.45) is 0 Å². The van der Waals surface area contributed by atoms with Crippen molar-refractivity contribution in [3.63, 3.8) is 0 Å². The summed E-state index contributed by atoms with van der Waals surface area (Å²) in [5, 5.41) is 3.05. The molecular weight excluding hydrogens is 126 g/mol. The standard InChI is InChI=1S/C8H15NO/c1-3-4-5-8(2)9-6-7-10/h3,7-9H,1,4-6H2,2H3. The Morgan fingerprint density at radius 1 is 1.70 bits per heavy atom. The number of carbonyl (C=O) groups is 1. The summed E-state index contributed by atoms with van der Waals surface area (Å²) >= 11 is 0. The fraction of sp³-hybridized carbons (Fsp3) is 0.625. The molecule has 0 rings (SSSR count). The molecule has 0 aliphatic carbocycles. The van der Waals surface area contributed by atoms with Gasteiger partial charge in [-0.2, -0.15) is 0 Å². The van der Waals surface area contributed by atoms with E-state index in [1.54, 1.807) is 0 Å². The van der Waals surface area contributed by atoms with Crippen LogP contribution in [0.1, 0.15) is 19.8 Å². The molecule has 10 heavy (non-hydrogen) atoms. The van der Waals surface area contributed by atoms with Crippen molar-refractivity contribution in [1.82, 2.24) is 5.32 Å². The maximum Gasteiger partial charge on any atom is 0.133 e. The second-order valence-corrected chi connectivity index (χ2v) is 2.34. The third-order valence-corrected chi connectivity index (χ3v) is 1.35. The van der Waals surface area contributed by atoms with Crippen molar-refractivity contribution in [2.45, 2.75) is 25.8 Å². The number of hydrogen-bond donors (Lipinski definition) is 1. The van der Waals surface area contributed by atoms with E-state index in [1.807, 2.05) is 6.08 Å². The molecule has 0 heterocycles. The Kier molecular flexibility index (Phi) is 6.08. The van der Waals surface area contributed by atoms with Gasteiger partial charge in [0.1, 0.15) is 6.29 Å². The van der Waals surface area contributed by atoms with Crippen molar-refractivity contribution in [2.75, 3.05) is 6.54 Å². The second-order valence-electron chi connectivity index (χ2n) is 2.34. The maximum atomic E-state index is 9.90. The van der Waals surface area contributed by atoms with E-state index < -0.39 is 0 Å². The zero-order valence-electron chi connectivity index (χ0n) is 6.47. The van der Waals surface area contributed by atoms with E-state index in [0.717, 1.165) is 19.1 Å². The summed E-state index contributed by atoms with van der Waals surface area (Å²) in [5.74, 6) is 0. The summed E-state index contributed by atoms with van der Waals surface area (Å²) in [5.41, 5.74) is 0. The second kappa shape index (κ2) is 6.49. The minimum atomic E-state index is 0.420. The number of nitrogens with one attached hydrogen (secondary N) is 1. The smallest absolute Gasteiger partial charge is 0.133 e. The zero-order valence-corrected chi connectivity index (χ0v) is 6.47. The number of carbonyl (C=O) groups excluding carboxylic acids is 1. The van der Waals surface area contributed by atoms with Gasteiger partial charge in [0.15, 0.2) is 0 Å². The molecule has 0 aromatic rings. The third kappa shape index (κ3) is 5.51. The van der Waals surface area contributed by atoms with E-state index in [0.29, 0.717) is 12.6 Å². The van der Waals surface area contributed by atoms with Gasteiger partial charge in [-0.25, -0.2) is 0 Å². The van der Waals surface area contributed by atoms with Crippen LogP contribution in [0.25, 0.3) is 0 Å². The molecule has 0 saturated carbocycles. The molecule has 0 bridgehead atoms. The average Bonchev–Trinajstić information content (AvgIpc) is 1.97. The Bertz CT molecular complexity index is 89.4. The van der Waals surface area contributed by atoms with E-state index in [2.05, 4.69) is 18.8 Å². The summed E-state index contributed by atoms with van der Waals surface area (Å²) in [6.07, 6.45) is 4.83. The van der Waals surface area contributed by atoms with Crippen molar-refractivity contribution in [3.8, 4) is 0 Å². The van der Waals surface area contributed by atoms with Gasteiger partial charge in [-0.15, -0.1) is 6.58 Å². The van der Waals surface area contributed by atoms with Gasteiger partial charge >= 0.3 is 0 Å². The number of hydrogen-bond acceptors (Lipinski definition) is 2. The van der Waals surface area contributed by atoms with Gasteiger partial charge in [-0.3, -0.25) is 0 Å². The van der Waals surface area contributed by atoms with Crippen LogP contribution >= 0.6 is 0 Å². The highest BCUT2D eigenvalue weighted by molar-refractivity contribution is 5.51. The molecule has 0 radical (unpaired) electrons. The molecule has 0 aromatic heterocycles. The maximum absolute atomic E-state index is 9.90. The molecule has 1 N–H and O–H groups in total. The molecule has 0 aromatic carbocycles. The molecule has 0 aliphatic rings. The molecular formula is C8H15NO. The fourth-order valence-electron chi connectivity index (χ4n) is 0.719. The monoisotopic (exact) mass is 141 g/mol. The SMILES string of the molecule is C=CCCC(C)NCC=O. The van der Waals surface area contributed by atoms with Crippen LogP contribution in [0.4, 0.5) is 0 Å². The highest BCUT2D eigenvalue weighted by Crippen LogP contribution is 1.94. The van der Waals surface area contributed by atoms with Crippen LogP contribution < -0.4 is 5.32 Å². The van der Waals surface area contributed by atoms with Crippen LogP contribution in [0.5, 0.6) is 0 Å². The molecule has 0 amide bonds. The van der Waals surface area contributed by atoms with Crippen LogP contribution in [0.3, 0.4) is 0 Å². The van der Waals surface area contributed by atoms with Crippen molar-refractivity contribution in [3.05, 3.63) is 12.7 Å². The predicted molar refractivity (Wildman–Crippen MR) is 43.0 cm³/mol. The average molecular weight is 141 g/mol. The largest absolute Gasteiger partial charge is 0.308 e. The van der Waals surface area contributed by atoms with Gasteiger partial charge in [0.2, 0.25) is 0 Å². The first-order chi connectivity index (χ1) is 4.81. The van der Waals surface area contributed by atoms with Gasteiger partial charge in [-0.1, -0.05) is 6.08 Å². The Balaban J connectivity index is 3.15. The Morgan fingerprint density at radius 2 is 2.40 bits per heavy atom. The fourth-order valence-corrected chi connectivity index (χ4v) is 0.719. The lowest BCUT2D eigenvalue weighted by Gasteiger charge is -2.08. The number of aldehydes is 1. The van der Waals surface area contributed by atoms with E-state index >= 15 is 0 Å². The highest BCUT2D eigenvalue weighted by Gasteiger charge is 1.96. The number of allylic oxidation sites excluding steroid dienone is 1. The molecule has 0 aliphatic heterocycles. The lowest BCUT2D eigenvalue weighted by Crippen LogP contribution is -2.27. The molecule has 58 valence electrons. The van der Waals surface area contributed by atoms with Crippen LogP contribution in [-0.2, 0) is 4.79 Å². The molecule has 0 saturated heterocycles. The van der Waals surface area contributed by atoms with Crippen LogP contribution in [-0.4, -0.2) is 18.9 Å². The zero-order chi connectivity index (χ0) is 7.82. The Labute approximate surface area is 62.3 Å². The Morgan fingerprint density at radius 3 is 2.90 bits per heavy atom. The first kappa shape index (κ1) is 9.37. The minimum Gasteiger partial charge on any atom is -0.308 e. The van der Waals surface area contributed by atoms with Gasteiger partial charge in [0.25, 0.3) is 0 Å². The van der Waals surface area contributed by atoms with E-state index in [9.17, 15) is 4.79 Å². The molecule has 1 atom stereocenters. The van der Waals surface area contributed by atoms with Crippen molar-refractivity contribution < 1.29 is 4.79 Å². The summed E-state index contributed by atoms with van der Waals surface area (Å²) < 4.78 is 0. The van der Waals surface area contributed by atoms with E-state index in [1.165, 1.54) is 0 Å². The van der Waals surface area contributed by atoms with Gasteiger partial charge < -0.3 is 10.1 Å². The summed E-state index contributed by atoms with van der Waals surface area (Å²) in [7, 11) is 0. The lowest BCUT2D eigenvalue weighted by molar-refractivity contribution is -0.107. The van der Waals surface area contributed by atoms with E-state index in [-0.39, 0.29) is 0 Å². The Hall–Kier alpha value is -0.630. The van der Waals surface area contributed by atoms with Crippen molar-refractivity contribution in [1.29, 1.82) is 0 Å². The molecule has 0 spiro atoms. The molecule has 0 fully saturated rings. The summed E-state index contributed by atoms with van der Waals surface area (Å²) in [6.45, 7) is 6.13. The third-order valence-electron chi connectivity index (χ3n) is 1.35. The van der Waals surface area contributed by atoms with Crippen LogP contribution in [0, 0.1) is 0 Å². The van der Waals surface area contributed by atoms with Crippen molar-refractivity contribution >= 4 is 6.29 Å². The van der Waals surface area contributed by atoms with Crippen LogP contribution in [0.2, 0.25) is 0 Å². The normalized spacial score (nSPS) is 12.5. The predicted octanol–water partition coefficient (Wildman–Crippen LogP) is 1.13. The number of rotatable bonds is 6. The molecule has 1 unspecified atom stereocenters. The summed E-state index contributed by atoms with van der Waals surface area (Å²) in [6, 6.07) is 0.420. The molecule has 2 nitrogen and oxygen atoms in total. The minimum absolute atomic E-state index is 0.420. The molecule has 2 heteroatoms. The highest BCUT2D eigenvalue weighted by atomic mass is 16.1. The first-order valence-corrected chi connectivity index (χ1v) is 3.59. The van der Waals surface area contributed by atoms with Crippen LogP contribution in [0.15, 0.2) is 12.7 Å². The van der Waals surface area contributed by atoms with Gasteiger partial charge in [0.05, 0.1) is 6.54 Å². The quantitative estimate of drug-likeness (QED) is 0.444. The van der Waals surface area contributed by atoms with E-state index in [4.69, 9.17) is 0 Å². The van der Waals surface area contributed by atoms with Gasteiger partial charge in [0, 0.05) is 6.04 Å².